The van der Waals surface area contributed by atoms with Crippen molar-refractivity contribution in [3.8, 4) is 5.88 Å². The van der Waals surface area contributed by atoms with Crippen LogP contribution in [0.3, 0.4) is 0 Å². The van der Waals surface area contributed by atoms with Crippen LogP contribution in [-0.2, 0) is 0 Å². The predicted molar refractivity (Wildman–Crippen MR) is 48.0 cm³/mol. The molecule has 4 heteroatoms. The van der Waals surface area contributed by atoms with E-state index in [-0.39, 0.29) is 0 Å². The lowest BCUT2D eigenvalue weighted by Crippen LogP contribution is -2.25. The van der Waals surface area contributed by atoms with Gasteiger partial charge < -0.3 is 4.74 Å². The number of nitrogens with zero attached hydrogens (tertiary/aromatic N) is 2. The molecule has 1 aromatic heterocycles. The number of hydrogen-bond acceptors (Lipinski definition) is 3. The third kappa shape index (κ3) is 1.58. The molecule has 1 aliphatic carbocycles. The van der Waals surface area contributed by atoms with Gasteiger partial charge >= 0.3 is 0 Å². The molecule has 0 unspecified atom stereocenters. The van der Waals surface area contributed by atoms with Gasteiger partial charge in [-0.25, -0.2) is 9.97 Å². The Kier molecular flexibility index (Phi) is 2.26. The minimum absolute atomic E-state index is 0.371. The van der Waals surface area contributed by atoms with E-state index in [1.54, 1.807) is 6.20 Å². The topological polar surface area (TPSA) is 35.0 Å². The summed E-state index contributed by atoms with van der Waals surface area (Å²) < 4.78 is 6.41. The van der Waals surface area contributed by atoms with Crippen LogP contribution in [0.5, 0.6) is 5.88 Å². The molecule has 64 valence electrons. The Morgan fingerprint density at radius 3 is 2.92 bits per heavy atom. The van der Waals surface area contributed by atoms with Gasteiger partial charge in [0.05, 0.1) is 4.47 Å². The Morgan fingerprint density at radius 1 is 1.50 bits per heavy atom. The van der Waals surface area contributed by atoms with E-state index in [0.717, 1.165) is 17.3 Å². The Bertz CT molecular complexity index is 276. The maximum absolute atomic E-state index is 5.58. The van der Waals surface area contributed by atoms with Gasteiger partial charge in [-0.1, -0.05) is 0 Å². The van der Waals surface area contributed by atoms with Crippen LogP contribution in [0.1, 0.15) is 19.3 Å². The maximum Gasteiger partial charge on any atom is 0.231 e. The average Bonchev–Trinajstić information content (AvgIpc) is 2.00. The number of hydrogen-bond donors (Lipinski definition) is 0. The van der Waals surface area contributed by atoms with Gasteiger partial charge in [0.15, 0.2) is 0 Å². The number of aromatic nitrogens is 2. The Morgan fingerprint density at radius 2 is 2.33 bits per heavy atom. The van der Waals surface area contributed by atoms with Crippen LogP contribution in [-0.4, -0.2) is 16.1 Å². The quantitative estimate of drug-likeness (QED) is 0.779. The van der Waals surface area contributed by atoms with Crippen LogP contribution in [0.15, 0.2) is 17.0 Å². The predicted octanol–water partition coefficient (Wildman–Crippen LogP) is 2.17. The molecule has 0 amide bonds. The van der Waals surface area contributed by atoms with E-state index >= 15 is 0 Å². The molecule has 1 heterocycles. The minimum Gasteiger partial charge on any atom is -0.473 e. The van der Waals surface area contributed by atoms with Crippen LogP contribution < -0.4 is 4.74 Å². The lowest BCUT2D eigenvalue weighted by atomic mass is 9.96. The zero-order valence-electron chi connectivity index (χ0n) is 6.53. The minimum atomic E-state index is 0.371. The lowest BCUT2D eigenvalue weighted by Gasteiger charge is -2.25. The normalized spacial score (nSPS) is 17.1. The van der Waals surface area contributed by atoms with Gasteiger partial charge in [0, 0.05) is 6.20 Å². The summed E-state index contributed by atoms with van der Waals surface area (Å²) in [4.78, 5) is 7.88. The first-order chi connectivity index (χ1) is 5.86. The van der Waals surface area contributed by atoms with E-state index in [1.165, 1.54) is 12.7 Å². The van der Waals surface area contributed by atoms with Crippen LogP contribution in [0.25, 0.3) is 0 Å². The zero-order valence-corrected chi connectivity index (χ0v) is 8.12. The molecule has 3 nitrogen and oxygen atoms in total. The van der Waals surface area contributed by atoms with Crippen LogP contribution in [0.2, 0.25) is 0 Å². The van der Waals surface area contributed by atoms with Gasteiger partial charge in [-0.05, 0) is 35.2 Å². The second kappa shape index (κ2) is 3.39. The summed E-state index contributed by atoms with van der Waals surface area (Å²) in [5.41, 5.74) is 0. The summed E-state index contributed by atoms with van der Waals surface area (Å²) in [7, 11) is 0. The van der Waals surface area contributed by atoms with Crippen LogP contribution >= 0.6 is 15.9 Å². The van der Waals surface area contributed by atoms with Crippen molar-refractivity contribution in [2.45, 2.75) is 25.4 Å². The summed E-state index contributed by atoms with van der Waals surface area (Å²) in [5.74, 6) is 0.662. The van der Waals surface area contributed by atoms with Gasteiger partial charge in [-0.3, -0.25) is 0 Å². The van der Waals surface area contributed by atoms with Crippen LogP contribution in [0, 0.1) is 0 Å². The molecule has 0 atom stereocenters. The van der Waals surface area contributed by atoms with Crippen molar-refractivity contribution in [3.63, 3.8) is 0 Å². The highest BCUT2D eigenvalue weighted by molar-refractivity contribution is 9.10. The monoisotopic (exact) mass is 228 g/mol. The third-order valence-corrected chi connectivity index (χ3v) is 2.51. The highest BCUT2D eigenvalue weighted by Crippen LogP contribution is 2.27. The van der Waals surface area contributed by atoms with Crippen molar-refractivity contribution >= 4 is 15.9 Å². The summed E-state index contributed by atoms with van der Waals surface area (Å²) in [5, 5.41) is 0. The average molecular weight is 229 g/mol. The van der Waals surface area contributed by atoms with Gasteiger partial charge in [-0.15, -0.1) is 0 Å². The molecule has 1 aromatic rings. The first-order valence-electron chi connectivity index (χ1n) is 3.98. The fourth-order valence-electron chi connectivity index (χ4n) is 1.03. The first-order valence-corrected chi connectivity index (χ1v) is 4.78. The van der Waals surface area contributed by atoms with Gasteiger partial charge in [0.1, 0.15) is 12.4 Å². The molecule has 1 fully saturated rings. The smallest absolute Gasteiger partial charge is 0.231 e. The standard InChI is InChI=1S/C8H9BrN2O/c9-7-4-10-5-11-8(7)12-6-2-1-3-6/h4-6H,1-3H2. The van der Waals surface area contributed by atoms with E-state index in [9.17, 15) is 0 Å². The second-order valence-electron chi connectivity index (χ2n) is 2.85. The third-order valence-electron chi connectivity index (χ3n) is 1.96. The Hall–Kier alpha value is -0.640. The van der Waals surface area contributed by atoms with Gasteiger partial charge in [0.25, 0.3) is 0 Å². The number of halogens is 1. The van der Waals surface area contributed by atoms with Crippen molar-refractivity contribution in [1.29, 1.82) is 0 Å². The molecule has 0 spiro atoms. The molecule has 2 rings (SSSR count). The summed E-state index contributed by atoms with van der Waals surface area (Å²) in [6, 6.07) is 0. The Balaban J connectivity index is 2.06. The van der Waals surface area contributed by atoms with Crippen LogP contribution in [0.4, 0.5) is 0 Å². The van der Waals surface area contributed by atoms with E-state index in [4.69, 9.17) is 4.74 Å². The molecule has 0 bridgehead atoms. The van der Waals surface area contributed by atoms with Crippen molar-refractivity contribution in [3.05, 3.63) is 17.0 Å². The zero-order chi connectivity index (χ0) is 8.39. The van der Waals surface area contributed by atoms with E-state index in [2.05, 4.69) is 25.9 Å². The molecule has 12 heavy (non-hydrogen) atoms. The molecular formula is C8H9BrN2O. The van der Waals surface area contributed by atoms with Gasteiger partial charge in [0.2, 0.25) is 5.88 Å². The summed E-state index contributed by atoms with van der Waals surface area (Å²) in [6.07, 6.45) is 7.14. The highest BCUT2D eigenvalue weighted by Gasteiger charge is 2.20. The fourth-order valence-corrected chi connectivity index (χ4v) is 1.35. The second-order valence-corrected chi connectivity index (χ2v) is 3.70. The molecule has 1 saturated carbocycles. The molecule has 0 saturated heterocycles. The Labute approximate surface area is 79.3 Å². The van der Waals surface area contributed by atoms with E-state index in [0.29, 0.717) is 12.0 Å². The molecule has 0 N–H and O–H groups in total. The summed E-state index contributed by atoms with van der Waals surface area (Å²) >= 11 is 3.33. The largest absolute Gasteiger partial charge is 0.473 e. The van der Waals surface area contributed by atoms with Crippen molar-refractivity contribution in [2.75, 3.05) is 0 Å². The van der Waals surface area contributed by atoms with E-state index < -0.39 is 0 Å². The van der Waals surface area contributed by atoms with Crippen molar-refractivity contribution < 1.29 is 4.74 Å². The van der Waals surface area contributed by atoms with Crippen molar-refractivity contribution in [2.24, 2.45) is 0 Å². The van der Waals surface area contributed by atoms with E-state index in [1.807, 2.05) is 0 Å². The number of rotatable bonds is 2. The molecule has 1 aliphatic rings. The SMILES string of the molecule is Brc1cncnc1OC1CCC1. The summed E-state index contributed by atoms with van der Waals surface area (Å²) in [6.45, 7) is 0. The highest BCUT2D eigenvalue weighted by atomic mass is 79.9. The number of ether oxygens (including phenoxy) is 1. The van der Waals surface area contributed by atoms with Gasteiger partial charge in [-0.2, -0.15) is 0 Å². The van der Waals surface area contributed by atoms with Crippen molar-refractivity contribution in [1.82, 2.24) is 9.97 Å². The molecule has 0 aromatic carbocycles. The lowest BCUT2D eigenvalue weighted by molar-refractivity contribution is 0.113. The molecular weight excluding hydrogens is 220 g/mol. The maximum atomic E-state index is 5.58. The molecule has 0 aliphatic heterocycles. The fraction of sp³-hybridized carbons (Fsp3) is 0.500. The molecule has 0 radical (unpaired) electrons. The first kappa shape index (κ1) is 7.98.